The number of hydrogen-bond donors (Lipinski definition) is 3. The Kier molecular flexibility index (Phi) is 12.2. The van der Waals surface area contributed by atoms with Gasteiger partial charge < -0.3 is 52.5 Å². The predicted octanol–water partition coefficient (Wildman–Crippen LogP) is -0.00220. The second kappa shape index (κ2) is 14.9. The third-order valence-electron chi connectivity index (χ3n) is 2.88. The Labute approximate surface area is 203 Å². The summed E-state index contributed by atoms with van der Waals surface area (Å²) in [6, 6.07) is 0. The molecule has 34 heavy (non-hydrogen) atoms. The molecule has 190 valence electrons. The van der Waals surface area contributed by atoms with Gasteiger partial charge in [0.25, 0.3) is 0 Å². The zero-order valence-corrected chi connectivity index (χ0v) is 19.5. The van der Waals surface area contributed by atoms with E-state index in [1.54, 1.807) is 0 Å². The van der Waals surface area contributed by atoms with Crippen LogP contribution in [-0.2, 0) is 28.5 Å². The topological polar surface area (TPSA) is 190 Å². The van der Waals surface area contributed by atoms with Gasteiger partial charge in [-0.05, 0) is 0 Å². The first kappa shape index (κ1) is 28.0. The average molecular weight is 546 g/mol. The molecule has 0 aromatic carbocycles. The number of thioether (sulfide) groups is 3. The third kappa shape index (κ3) is 10.3. The number of nitrogens with zero attached hydrogens (tertiary/aromatic N) is 6. The molecule has 0 saturated carbocycles. The van der Waals surface area contributed by atoms with Crippen LogP contribution in [0.2, 0.25) is 0 Å². The summed E-state index contributed by atoms with van der Waals surface area (Å²) in [5.74, 6) is 0.196. The Morgan fingerprint density at radius 2 is 0.882 bits per heavy atom. The van der Waals surface area contributed by atoms with E-state index in [-0.39, 0.29) is 52.2 Å². The molecule has 2 atom stereocenters. The van der Waals surface area contributed by atoms with E-state index < -0.39 is 14.1 Å². The van der Waals surface area contributed by atoms with Gasteiger partial charge in [0, 0.05) is 17.3 Å². The first-order valence-electron chi connectivity index (χ1n) is 9.18. The number of hydrogen-bond acceptors (Lipinski definition) is 18. The molecule has 3 rings (SSSR count). The van der Waals surface area contributed by atoms with Crippen LogP contribution in [0.15, 0.2) is 30.9 Å². The van der Waals surface area contributed by atoms with E-state index >= 15 is 8.63 Å². The van der Waals surface area contributed by atoms with Gasteiger partial charge in [-0.15, -0.1) is 30.9 Å². The first-order chi connectivity index (χ1) is 16.4. The summed E-state index contributed by atoms with van der Waals surface area (Å²) < 4.78 is 58.3. The van der Waals surface area contributed by atoms with Crippen molar-refractivity contribution in [2.45, 2.75) is 0 Å². The van der Waals surface area contributed by atoms with Gasteiger partial charge in [-0.2, -0.15) is 0 Å². The van der Waals surface area contributed by atoms with Crippen molar-refractivity contribution in [2.75, 3.05) is 37.1 Å². The molecule has 0 amide bonds. The molecule has 0 spiro atoms. The standard InChI is InChI=1S/C12H18B2F2N6O9S3/c15-13-26-17-7-10(32-4-1-23)20-29-14(16,30-21-11(8-18-27-13)33-5-2-24)31-22-12(9-19-28-13)34-6-3-25/h7-9,23-25H,1-6H2/q-2/b17-7-,18-8-,19-9?,20-10+,21-11?,22-12+. The predicted molar refractivity (Wildman–Crippen MR) is 127 cm³/mol. The maximum absolute atomic E-state index is 15.3. The minimum Gasteiger partial charge on any atom is -0.510 e. The number of aliphatic hydroxyl groups is 3. The van der Waals surface area contributed by atoms with Gasteiger partial charge in [0.05, 0.1) is 38.5 Å². The molecule has 2 unspecified atom stereocenters. The maximum atomic E-state index is 15.3. The Morgan fingerprint density at radius 1 is 0.588 bits per heavy atom. The van der Waals surface area contributed by atoms with Crippen LogP contribution >= 0.6 is 35.3 Å². The highest BCUT2D eigenvalue weighted by Gasteiger charge is 2.42. The average Bonchev–Trinajstić information content (AvgIpc) is 2.82. The van der Waals surface area contributed by atoms with Crippen molar-refractivity contribution in [2.24, 2.45) is 30.9 Å². The maximum Gasteiger partial charge on any atom is 0.812 e. The van der Waals surface area contributed by atoms with Gasteiger partial charge in [-0.3, -0.25) is 0 Å². The van der Waals surface area contributed by atoms with Crippen molar-refractivity contribution in [1.82, 2.24) is 0 Å². The van der Waals surface area contributed by atoms with E-state index in [4.69, 9.17) is 29.6 Å². The fourth-order valence-electron chi connectivity index (χ4n) is 1.62. The molecule has 0 saturated heterocycles. The van der Waals surface area contributed by atoms with Gasteiger partial charge in [-0.1, -0.05) is 35.3 Å². The van der Waals surface area contributed by atoms with E-state index in [0.29, 0.717) is 0 Å². The molecule has 0 aliphatic carbocycles. The Balaban J connectivity index is 2.52. The van der Waals surface area contributed by atoms with Gasteiger partial charge >= 0.3 is 14.1 Å². The van der Waals surface area contributed by atoms with Crippen LogP contribution in [0.4, 0.5) is 8.63 Å². The molecule has 15 nitrogen and oxygen atoms in total. The number of halogens is 2. The van der Waals surface area contributed by atoms with Crippen molar-refractivity contribution in [3.8, 4) is 0 Å². The van der Waals surface area contributed by atoms with Crippen molar-refractivity contribution in [3.05, 3.63) is 0 Å². The number of rotatable bonds is 6. The minimum atomic E-state index is -4.35. The molecule has 3 aliphatic rings. The fraction of sp³-hybridized carbons (Fsp3) is 0.500. The summed E-state index contributed by atoms with van der Waals surface area (Å²) in [6.45, 7) is -0.889. The number of fused-ring (bicyclic) bond motifs is 9. The SMILES string of the molecule is OCCSC1=NO[B-]2(F)O/N=C(/SCCO)C=NO[B-](F)(O/N=C\1)O/N=C\C(SCCO)=N/O2. The van der Waals surface area contributed by atoms with Crippen molar-refractivity contribution < 1.29 is 52.5 Å². The molecule has 0 radical (unpaired) electrons. The highest BCUT2D eigenvalue weighted by Crippen LogP contribution is 2.19. The number of aliphatic hydroxyl groups excluding tert-OH is 3. The summed E-state index contributed by atoms with van der Waals surface area (Å²) in [4.78, 5) is 0. The van der Waals surface area contributed by atoms with Crippen LogP contribution in [-0.4, -0.2) is 100 Å². The van der Waals surface area contributed by atoms with Crippen molar-refractivity contribution in [3.63, 3.8) is 0 Å². The molecule has 2 bridgehead atoms. The van der Waals surface area contributed by atoms with E-state index in [0.717, 1.165) is 53.9 Å². The van der Waals surface area contributed by atoms with E-state index in [9.17, 15) is 0 Å². The highest BCUT2D eigenvalue weighted by molar-refractivity contribution is 8.16. The third-order valence-corrected chi connectivity index (χ3v) is 5.47. The van der Waals surface area contributed by atoms with E-state index in [1.807, 2.05) is 0 Å². The zero-order valence-electron chi connectivity index (χ0n) is 17.1. The van der Waals surface area contributed by atoms with Crippen LogP contribution in [0.5, 0.6) is 0 Å². The lowest BCUT2D eigenvalue weighted by atomic mass is 10.2. The molecule has 22 heteroatoms. The number of oxime groups is 6. The molecule has 0 aromatic heterocycles. The normalized spacial score (nSPS) is 30.1. The minimum absolute atomic E-state index is 0.0654. The molecule has 0 aromatic rings. The Hall–Kier alpha value is -2.26. The van der Waals surface area contributed by atoms with Gasteiger partial charge in [0.1, 0.15) is 0 Å². The summed E-state index contributed by atoms with van der Waals surface area (Å²) in [7, 11) is -8.62. The largest absolute Gasteiger partial charge is 0.812 e. The van der Waals surface area contributed by atoms with E-state index in [2.05, 4.69) is 45.2 Å². The first-order valence-corrected chi connectivity index (χ1v) is 12.1. The summed E-state index contributed by atoms with van der Waals surface area (Å²) in [5, 5.41) is 46.7. The summed E-state index contributed by atoms with van der Waals surface area (Å²) in [6.07, 6.45) is 2.38. The van der Waals surface area contributed by atoms with Gasteiger partial charge in [0.2, 0.25) is 0 Å². The Morgan fingerprint density at radius 3 is 1.18 bits per heavy atom. The molecular formula is C12H18B2F2N6O9S3-2. The van der Waals surface area contributed by atoms with Crippen LogP contribution in [0.25, 0.3) is 0 Å². The molecule has 3 aliphatic heterocycles. The van der Waals surface area contributed by atoms with Gasteiger partial charge in [-0.25, -0.2) is 0 Å². The van der Waals surface area contributed by atoms with Crippen molar-refractivity contribution in [1.29, 1.82) is 0 Å². The Bertz CT molecular complexity index is 740. The quantitative estimate of drug-likeness (QED) is 0.379. The second-order valence-electron chi connectivity index (χ2n) is 5.45. The van der Waals surface area contributed by atoms with Gasteiger partial charge in [0.15, 0.2) is 15.1 Å². The van der Waals surface area contributed by atoms with Crippen LogP contribution in [0, 0.1) is 0 Å². The smallest absolute Gasteiger partial charge is 0.510 e. The molecule has 3 N–H and O–H groups in total. The summed E-state index contributed by atoms with van der Waals surface area (Å²) in [5.41, 5.74) is 0. The van der Waals surface area contributed by atoms with Crippen molar-refractivity contribution >= 4 is 83.1 Å². The monoisotopic (exact) mass is 546 g/mol. The lowest BCUT2D eigenvalue weighted by molar-refractivity contribution is 0.0231. The molecular weight excluding hydrogens is 528 g/mol. The van der Waals surface area contributed by atoms with Crippen LogP contribution in [0.1, 0.15) is 0 Å². The fourth-order valence-corrected chi connectivity index (χ4v) is 3.16. The van der Waals surface area contributed by atoms with E-state index in [1.165, 1.54) is 0 Å². The molecule has 3 heterocycles. The zero-order chi connectivity index (χ0) is 24.7. The lowest BCUT2D eigenvalue weighted by Crippen LogP contribution is -2.39. The second-order valence-corrected chi connectivity index (χ2v) is 8.80. The summed E-state index contributed by atoms with van der Waals surface area (Å²) >= 11 is 2.44. The molecule has 0 fully saturated rings. The van der Waals surface area contributed by atoms with Crippen LogP contribution in [0.3, 0.4) is 0 Å². The lowest BCUT2D eigenvalue weighted by Gasteiger charge is -2.28. The van der Waals surface area contributed by atoms with Crippen LogP contribution < -0.4 is 0 Å². The highest BCUT2D eigenvalue weighted by atomic mass is 32.2.